The van der Waals surface area contributed by atoms with E-state index in [0.717, 1.165) is 12.1 Å². The van der Waals surface area contributed by atoms with E-state index in [1.165, 1.54) is 13.2 Å². The number of amides is 1. The molecule has 6 nitrogen and oxygen atoms in total. The van der Waals surface area contributed by atoms with Crippen LogP contribution in [0.2, 0.25) is 0 Å². The van der Waals surface area contributed by atoms with E-state index >= 15 is 0 Å². The third-order valence-electron chi connectivity index (χ3n) is 4.05. The molecule has 0 radical (unpaired) electrons. The minimum atomic E-state index is -1.02. The maximum Gasteiger partial charge on any atom is 0.252 e. The number of benzene rings is 1. The highest BCUT2D eigenvalue weighted by atomic mass is 35.5. The molecule has 1 fully saturated rings. The van der Waals surface area contributed by atoms with Gasteiger partial charge in [0.2, 0.25) is 0 Å². The van der Waals surface area contributed by atoms with E-state index in [1.807, 2.05) is 0 Å². The molecule has 142 valence electrons. The zero-order chi connectivity index (χ0) is 17.6. The van der Waals surface area contributed by atoms with Crippen molar-refractivity contribution >= 4 is 18.3 Å². The van der Waals surface area contributed by atoms with Gasteiger partial charge in [-0.1, -0.05) is 0 Å². The van der Waals surface area contributed by atoms with Crippen molar-refractivity contribution in [3.8, 4) is 5.75 Å². The van der Waals surface area contributed by atoms with E-state index in [9.17, 15) is 18.7 Å². The molecular weight excluding hydrogens is 358 g/mol. The Labute approximate surface area is 151 Å². The van der Waals surface area contributed by atoms with Gasteiger partial charge in [-0.05, 0) is 38.1 Å². The lowest BCUT2D eigenvalue weighted by Gasteiger charge is -2.35. The number of methoxy groups -OCH3 is 1. The summed E-state index contributed by atoms with van der Waals surface area (Å²) in [6, 6.07) is 3.10. The molecule has 1 atom stereocenters. The Morgan fingerprint density at radius 2 is 2.04 bits per heavy atom. The van der Waals surface area contributed by atoms with E-state index in [-0.39, 0.29) is 37.2 Å². The van der Waals surface area contributed by atoms with Gasteiger partial charge in [0.25, 0.3) is 5.91 Å². The van der Waals surface area contributed by atoms with E-state index in [4.69, 9.17) is 9.47 Å². The van der Waals surface area contributed by atoms with Crippen LogP contribution in [0.5, 0.6) is 5.75 Å². The van der Waals surface area contributed by atoms with Gasteiger partial charge in [0, 0.05) is 19.7 Å². The average Bonchev–Trinajstić information content (AvgIpc) is 2.61. The molecule has 9 heteroatoms. The van der Waals surface area contributed by atoms with Crippen LogP contribution in [0.25, 0.3) is 0 Å². The zero-order valence-corrected chi connectivity index (χ0v) is 14.7. The van der Waals surface area contributed by atoms with Crippen molar-refractivity contribution in [2.45, 2.75) is 24.5 Å². The van der Waals surface area contributed by atoms with Gasteiger partial charge >= 0.3 is 0 Å². The molecule has 1 aliphatic heterocycles. The maximum atomic E-state index is 13.1. The molecule has 0 spiro atoms. The second kappa shape index (κ2) is 9.86. The summed E-state index contributed by atoms with van der Waals surface area (Å²) in [5, 5.41) is 15.7. The SMILES string of the molecule is COC1(C(=O)NCC(O)COc2ccc(F)c(F)c2)CCNCC1.Cl. The molecule has 1 saturated heterocycles. The Morgan fingerprint density at radius 3 is 2.64 bits per heavy atom. The van der Waals surface area contributed by atoms with Crippen molar-refractivity contribution in [2.24, 2.45) is 0 Å². The molecular formula is C16H23ClF2N2O4. The quantitative estimate of drug-likeness (QED) is 0.658. The lowest BCUT2D eigenvalue weighted by atomic mass is 9.91. The van der Waals surface area contributed by atoms with Crippen molar-refractivity contribution < 1.29 is 28.2 Å². The number of nitrogens with one attached hydrogen (secondary N) is 2. The molecule has 1 aromatic rings. The summed E-state index contributed by atoms with van der Waals surface area (Å²) in [5.41, 5.74) is -0.883. The molecule has 1 aliphatic rings. The van der Waals surface area contributed by atoms with Gasteiger partial charge in [-0.2, -0.15) is 0 Å². The van der Waals surface area contributed by atoms with Crippen LogP contribution in [0.1, 0.15) is 12.8 Å². The molecule has 25 heavy (non-hydrogen) atoms. The van der Waals surface area contributed by atoms with Gasteiger partial charge in [-0.3, -0.25) is 4.79 Å². The Hall–Kier alpha value is -1.48. The van der Waals surface area contributed by atoms with E-state index in [0.29, 0.717) is 25.9 Å². The van der Waals surface area contributed by atoms with E-state index in [1.54, 1.807) is 0 Å². The van der Waals surface area contributed by atoms with Crippen LogP contribution in [0.15, 0.2) is 18.2 Å². The van der Waals surface area contributed by atoms with E-state index in [2.05, 4.69) is 10.6 Å². The summed E-state index contributed by atoms with van der Waals surface area (Å²) in [5.74, 6) is -2.17. The Bertz CT molecular complexity index is 571. The molecule has 1 amide bonds. The number of halogens is 3. The standard InChI is InChI=1S/C16H22F2N2O4.ClH/c1-23-16(4-6-19-7-5-16)15(22)20-9-11(21)10-24-12-2-3-13(17)14(18)8-12;/h2-3,8,11,19,21H,4-7,9-10H2,1H3,(H,20,22);1H. The largest absolute Gasteiger partial charge is 0.491 e. The van der Waals surface area contributed by atoms with Crippen LogP contribution in [0.3, 0.4) is 0 Å². The number of hydrogen-bond donors (Lipinski definition) is 3. The number of ether oxygens (including phenoxy) is 2. The minimum absolute atomic E-state index is 0. The highest BCUT2D eigenvalue weighted by Crippen LogP contribution is 2.22. The number of carbonyl (C=O) groups excluding carboxylic acids is 1. The molecule has 1 unspecified atom stereocenters. The second-order valence-electron chi connectivity index (χ2n) is 5.70. The molecule has 1 aromatic carbocycles. The molecule has 3 N–H and O–H groups in total. The first-order valence-electron chi connectivity index (χ1n) is 7.77. The maximum absolute atomic E-state index is 13.1. The zero-order valence-electron chi connectivity index (χ0n) is 13.9. The highest BCUT2D eigenvalue weighted by Gasteiger charge is 2.39. The van der Waals surface area contributed by atoms with Crippen molar-refractivity contribution in [1.82, 2.24) is 10.6 Å². The smallest absolute Gasteiger partial charge is 0.252 e. The first kappa shape index (κ1) is 21.6. The van der Waals surface area contributed by atoms with Crippen molar-refractivity contribution in [2.75, 3.05) is 33.4 Å². The minimum Gasteiger partial charge on any atom is -0.491 e. The third kappa shape index (κ3) is 5.78. The average molecular weight is 381 g/mol. The van der Waals surface area contributed by atoms with Gasteiger partial charge in [-0.25, -0.2) is 8.78 Å². The fourth-order valence-electron chi connectivity index (χ4n) is 2.54. The molecule has 0 saturated carbocycles. The fraction of sp³-hybridized carbons (Fsp3) is 0.562. The van der Waals surface area contributed by atoms with Crippen molar-refractivity contribution in [3.63, 3.8) is 0 Å². The van der Waals surface area contributed by atoms with Gasteiger partial charge in [0.1, 0.15) is 24.1 Å². The first-order chi connectivity index (χ1) is 11.5. The molecule has 0 aromatic heterocycles. The lowest BCUT2D eigenvalue weighted by molar-refractivity contribution is -0.147. The molecule has 1 heterocycles. The molecule has 0 aliphatic carbocycles. The summed E-state index contributed by atoms with van der Waals surface area (Å²) < 4.78 is 36.4. The summed E-state index contributed by atoms with van der Waals surface area (Å²) in [7, 11) is 1.49. The molecule has 0 bridgehead atoms. The fourth-order valence-corrected chi connectivity index (χ4v) is 2.54. The topological polar surface area (TPSA) is 79.8 Å². The predicted molar refractivity (Wildman–Crippen MR) is 90.0 cm³/mol. The Morgan fingerprint density at radius 1 is 1.36 bits per heavy atom. The van der Waals surface area contributed by atoms with E-state index < -0.39 is 23.3 Å². The van der Waals surface area contributed by atoms with Gasteiger partial charge in [0.05, 0.1) is 0 Å². The molecule has 2 rings (SSSR count). The highest BCUT2D eigenvalue weighted by molar-refractivity contribution is 5.85. The Kier molecular flexibility index (Phi) is 8.51. The number of aliphatic hydroxyl groups excluding tert-OH is 1. The lowest BCUT2D eigenvalue weighted by Crippen LogP contribution is -2.55. The van der Waals surface area contributed by atoms with Crippen LogP contribution in [-0.4, -0.2) is 56.1 Å². The predicted octanol–water partition coefficient (Wildman–Crippen LogP) is 1.01. The van der Waals surface area contributed by atoms with Crippen LogP contribution in [-0.2, 0) is 9.53 Å². The van der Waals surface area contributed by atoms with Crippen LogP contribution < -0.4 is 15.4 Å². The first-order valence-corrected chi connectivity index (χ1v) is 7.77. The summed E-state index contributed by atoms with van der Waals surface area (Å²) >= 11 is 0. The second-order valence-corrected chi connectivity index (χ2v) is 5.70. The summed E-state index contributed by atoms with van der Waals surface area (Å²) in [6.45, 7) is 1.18. The number of piperidine rings is 1. The van der Waals surface area contributed by atoms with Gasteiger partial charge in [0.15, 0.2) is 11.6 Å². The third-order valence-corrected chi connectivity index (χ3v) is 4.05. The number of aliphatic hydroxyl groups is 1. The van der Waals surface area contributed by atoms with Crippen molar-refractivity contribution in [3.05, 3.63) is 29.8 Å². The number of hydrogen-bond acceptors (Lipinski definition) is 5. The van der Waals surface area contributed by atoms with Crippen LogP contribution in [0, 0.1) is 11.6 Å². The van der Waals surface area contributed by atoms with Crippen LogP contribution in [0.4, 0.5) is 8.78 Å². The summed E-state index contributed by atoms with van der Waals surface area (Å²) in [6.07, 6.45) is 0.116. The van der Waals surface area contributed by atoms with Crippen molar-refractivity contribution in [1.29, 1.82) is 0 Å². The summed E-state index contributed by atoms with van der Waals surface area (Å²) in [4.78, 5) is 12.3. The number of carbonyl (C=O) groups is 1. The Balaban J connectivity index is 0.00000312. The monoisotopic (exact) mass is 380 g/mol. The number of rotatable bonds is 7. The normalized spacial score (nSPS) is 17.3. The van der Waals surface area contributed by atoms with Gasteiger partial charge < -0.3 is 25.2 Å². The van der Waals surface area contributed by atoms with Gasteiger partial charge in [-0.15, -0.1) is 12.4 Å². The van der Waals surface area contributed by atoms with Crippen LogP contribution >= 0.6 is 12.4 Å².